The third kappa shape index (κ3) is 6.62. The van der Waals surface area contributed by atoms with Gasteiger partial charge in [0.2, 0.25) is 5.43 Å². The molecule has 0 radical (unpaired) electrons. The molecule has 2 aromatic rings. The monoisotopic (exact) mass is 516 g/mol. The maximum Gasteiger partial charge on any atom is 0.278 e. The zero-order valence-corrected chi connectivity index (χ0v) is 21.6. The second kappa shape index (κ2) is 12.1. The molecule has 1 atom stereocenters. The van der Waals surface area contributed by atoms with Crippen molar-refractivity contribution in [1.29, 1.82) is 0 Å². The van der Waals surface area contributed by atoms with E-state index in [-0.39, 0.29) is 35.8 Å². The zero-order chi connectivity index (χ0) is 27.3. The number of pyridine rings is 1. The number of nitrogens with one attached hydrogen (secondary N) is 2. The van der Waals surface area contributed by atoms with Crippen molar-refractivity contribution in [1.82, 2.24) is 20.1 Å². The molecule has 37 heavy (non-hydrogen) atoms. The highest BCUT2D eigenvalue weighted by molar-refractivity contribution is 5.99. The first-order chi connectivity index (χ1) is 17.5. The van der Waals surface area contributed by atoms with Crippen molar-refractivity contribution < 1.29 is 23.5 Å². The van der Waals surface area contributed by atoms with E-state index in [1.807, 2.05) is 6.92 Å². The van der Waals surface area contributed by atoms with Crippen molar-refractivity contribution in [2.45, 2.75) is 47.2 Å². The Labute approximate surface area is 215 Å². The van der Waals surface area contributed by atoms with E-state index in [9.17, 15) is 28.3 Å². The summed E-state index contributed by atoms with van der Waals surface area (Å²) in [5, 5.41) is 16.4. The van der Waals surface area contributed by atoms with Gasteiger partial charge >= 0.3 is 0 Å². The lowest BCUT2D eigenvalue weighted by atomic mass is 10.0. The molecule has 0 unspecified atom stereocenters. The number of hydrogen-bond donors (Lipinski definition) is 3. The van der Waals surface area contributed by atoms with E-state index < -0.39 is 34.6 Å². The Kier molecular flexibility index (Phi) is 9.20. The number of amides is 2. The molecule has 0 aliphatic carbocycles. The Morgan fingerprint density at radius 1 is 1.22 bits per heavy atom. The molecular weight excluding hydrogens is 482 g/mol. The zero-order valence-electron chi connectivity index (χ0n) is 21.6. The van der Waals surface area contributed by atoms with E-state index in [1.54, 1.807) is 17.9 Å². The van der Waals surface area contributed by atoms with E-state index >= 15 is 0 Å². The molecule has 0 bridgehead atoms. The van der Waals surface area contributed by atoms with E-state index in [0.29, 0.717) is 24.2 Å². The number of aromatic hydroxyl groups is 1. The van der Waals surface area contributed by atoms with Gasteiger partial charge in [0.1, 0.15) is 17.2 Å². The number of benzene rings is 1. The Bertz CT molecular complexity index is 1260. The summed E-state index contributed by atoms with van der Waals surface area (Å²) in [5.41, 5.74) is -0.840. The third-order valence-corrected chi connectivity index (χ3v) is 6.28. The predicted molar refractivity (Wildman–Crippen MR) is 136 cm³/mol. The van der Waals surface area contributed by atoms with Crippen LogP contribution < -0.4 is 16.1 Å². The first-order valence-electron chi connectivity index (χ1n) is 12.4. The summed E-state index contributed by atoms with van der Waals surface area (Å²) >= 11 is 0. The van der Waals surface area contributed by atoms with Crippen LogP contribution in [0.25, 0.3) is 0 Å². The summed E-state index contributed by atoms with van der Waals surface area (Å²) in [4.78, 5) is 40.5. The quantitative estimate of drug-likeness (QED) is 0.420. The van der Waals surface area contributed by atoms with Crippen LogP contribution in [0.3, 0.4) is 0 Å². The number of carbonyl (C=O) groups excluding carboxylic acids is 2. The first kappa shape index (κ1) is 28.0. The molecule has 0 spiro atoms. The number of aromatic nitrogens is 1. The van der Waals surface area contributed by atoms with Gasteiger partial charge in [0.05, 0.1) is 6.54 Å². The average molecular weight is 517 g/mol. The number of hydrogen-bond acceptors (Lipinski definition) is 5. The molecule has 2 heterocycles. The van der Waals surface area contributed by atoms with Gasteiger partial charge in [-0.05, 0) is 44.3 Å². The van der Waals surface area contributed by atoms with E-state index in [1.165, 1.54) is 16.8 Å². The summed E-state index contributed by atoms with van der Waals surface area (Å²) < 4.78 is 28.4. The van der Waals surface area contributed by atoms with Crippen LogP contribution in [-0.4, -0.2) is 46.0 Å². The van der Waals surface area contributed by atoms with Gasteiger partial charge in [-0.2, -0.15) is 0 Å². The number of carbonyl (C=O) groups is 2. The smallest absolute Gasteiger partial charge is 0.278 e. The Morgan fingerprint density at radius 3 is 2.59 bits per heavy atom. The van der Waals surface area contributed by atoms with Gasteiger partial charge in [-0.25, -0.2) is 8.78 Å². The lowest BCUT2D eigenvalue weighted by molar-refractivity contribution is 0.0734. The number of nitrogens with zero attached hydrogens (tertiary/aromatic N) is 2. The van der Waals surface area contributed by atoms with Crippen LogP contribution in [0, 0.1) is 23.5 Å². The van der Waals surface area contributed by atoms with Crippen LogP contribution >= 0.6 is 0 Å². The van der Waals surface area contributed by atoms with Gasteiger partial charge in [0.15, 0.2) is 11.4 Å². The average Bonchev–Trinajstić information content (AvgIpc) is 2.84. The second-order valence-electron chi connectivity index (χ2n) is 9.80. The lowest BCUT2D eigenvalue weighted by Crippen LogP contribution is -2.43. The van der Waals surface area contributed by atoms with Gasteiger partial charge in [0, 0.05) is 36.6 Å². The van der Waals surface area contributed by atoms with Crippen molar-refractivity contribution in [3.05, 3.63) is 74.8 Å². The summed E-state index contributed by atoms with van der Waals surface area (Å²) in [6, 6.07) is 2.94. The summed E-state index contributed by atoms with van der Waals surface area (Å²) in [6.45, 7) is 10.1. The maximum absolute atomic E-state index is 13.9. The minimum atomic E-state index is -0.994. The molecule has 0 fully saturated rings. The molecular formula is C27H34F2N4O4. The minimum absolute atomic E-state index is 0.0348. The van der Waals surface area contributed by atoms with Crippen molar-refractivity contribution in [2.75, 3.05) is 19.6 Å². The second-order valence-corrected chi connectivity index (χ2v) is 9.80. The molecule has 3 rings (SSSR count). The van der Waals surface area contributed by atoms with Crippen LogP contribution in [0.5, 0.6) is 5.75 Å². The maximum atomic E-state index is 13.9. The molecule has 3 N–H and O–H groups in total. The first-order valence-corrected chi connectivity index (χ1v) is 12.4. The van der Waals surface area contributed by atoms with Gasteiger partial charge < -0.3 is 25.2 Å². The molecule has 0 saturated heterocycles. The van der Waals surface area contributed by atoms with Crippen LogP contribution in [-0.2, 0) is 13.1 Å². The number of fused-ring (bicyclic) bond motifs is 1. The standard InChI is InChI=1S/C27H34F2N4O4/c1-5-20-14-32-15-21(26(36)31-12-18-6-7-19(28)10-22(18)29)24(34)25(35)23(32)27(37)33(20)13-17(4)8-9-30-11-16(2)3/h5-7,10,15-17,30,35H,8-9,11-14H2,1-4H3,(H,31,36)/b20-5+/t17-/m1/s1. The minimum Gasteiger partial charge on any atom is -0.503 e. The normalized spacial score (nSPS) is 15.3. The molecule has 0 saturated carbocycles. The molecule has 1 aromatic heterocycles. The highest BCUT2D eigenvalue weighted by Gasteiger charge is 2.33. The highest BCUT2D eigenvalue weighted by atomic mass is 19.1. The van der Waals surface area contributed by atoms with Crippen molar-refractivity contribution >= 4 is 11.8 Å². The molecule has 1 aliphatic rings. The number of allylic oxidation sites excluding steroid dienone is 2. The Hall–Kier alpha value is -3.53. The third-order valence-electron chi connectivity index (χ3n) is 6.28. The largest absolute Gasteiger partial charge is 0.503 e. The molecule has 10 heteroatoms. The number of halogens is 2. The van der Waals surface area contributed by atoms with E-state index in [4.69, 9.17) is 0 Å². The van der Waals surface area contributed by atoms with Crippen LogP contribution in [0.2, 0.25) is 0 Å². The van der Waals surface area contributed by atoms with Crippen LogP contribution in [0.15, 0.2) is 41.0 Å². The van der Waals surface area contributed by atoms with Crippen LogP contribution in [0.4, 0.5) is 8.78 Å². The molecule has 1 aromatic carbocycles. The van der Waals surface area contributed by atoms with E-state index in [2.05, 4.69) is 24.5 Å². The topological polar surface area (TPSA) is 104 Å². The molecule has 1 aliphatic heterocycles. The summed E-state index contributed by atoms with van der Waals surface area (Å²) in [6.07, 6.45) is 3.86. The van der Waals surface area contributed by atoms with Gasteiger partial charge in [-0.3, -0.25) is 14.4 Å². The number of rotatable bonds is 10. The van der Waals surface area contributed by atoms with E-state index in [0.717, 1.165) is 25.6 Å². The molecule has 2 amide bonds. The highest BCUT2D eigenvalue weighted by Crippen LogP contribution is 2.27. The van der Waals surface area contributed by atoms with Crippen molar-refractivity contribution in [2.24, 2.45) is 11.8 Å². The van der Waals surface area contributed by atoms with Crippen molar-refractivity contribution in [3.8, 4) is 5.75 Å². The van der Waals surface area contributed by atoms with Gasteiger partial charge in [-0.1, -0.05) is 32.9 Å². The molecule has 200 valence electrons. The fraction of sp³-hybridized carbons (Fsp3) is 0.444. The van der Waals surface area contributed by atoms with Crippen LogP contribution in [0.1, 0.15) is 60.5 Å². The van der Waals surface area contributed by atoms with Gasteiger partial charge in [0.25, 0.3) is 11.8 Å². The predicted octanol–water partition coefficient (Wildman–Crippen LogP) is 3.39. The fourth-order valence-corrected chi connectivity index (χ4v) is 4.20. The van der Waals surface area contributed by atoms with Gasteiger partial charge in [-0.15, -0.1) is 0 Å². The SMILES string of the molecule is C/C=C1\Cn2cc(C(=O)NCc3ccc(F)cc3F)c(=O)c(O)c2C(=O)N1C[C@H](C)CCNCC(C)C. The van der Waals surface area contributed by atoms with Crippen molar-refractivity contribution in [3.63, 3.8) is 0 Å². The molecule has 8 nitrogen and oxygen atoms in total. The Balaban J connectivity index is 1.78. The lowest BCUT2D eigenvalue weighted by Gasteiger charge is -2.34. The summed E-state index contributed by atoms with van der Waals surface area (Å²) in [7, 11) is 0. The Morgan fingerprint density at radius 2 is 1.95 bits per heavy atom. The summed E-state index contributed by atoms with van der Waals surface area (Å²) in [5.74, 6) is -3.05. The fourth-order valence-electron chi connectivity index (χ4n) is 4.20.